The van der Waals surface area contributed by atoms with Gasteiger partial charge in [-0.15, -0.1) is 0 Å². The highest BCUT2D eigenvalue weighted by Crippen LogP contribution is 2.38. The first-order chi connectivity index (χ1) is 16.6. The van der Waals surface area contributed by atoms with E-state index < -0.39 is 26.5 Å². The molecule has 2 unspecified atom stereocenters. The van der Waals surface area contributed by atoms with Crippen LogP contribution in [0, 0.1) is 0 Å². The van der Waals surface area contributed by atoms with E-state index in [1.54, 1.807) is 0 Å². The molecule has 35 heavy (non-hydrogen) atoms. The molecule has 0 saturated heterocycles. The number of nitrogens with zero attached hydrogens (tertiary/aromatic N) is 1. The third kappa shape index (κ3) is 24.9. The van der Waals surface area contributed by atoms with Gasteiger partial charge in [-0.2, -0.15) is 0 Å². The van der Waals surface area contributed by atoms with Gasteiger partial charge in [-0.1, -0.05) is 90.4 Å². The Labute approximate surface area is 213 Å². The van der Waals surface area contributed by atoms with Gasteiger partial charge < -0.3 is 23.2 Å². The lowest BCUT2D eigenvalue weighted by atomic mass is 10.0. The summed E-state index contributed by atoms with van der Waals surface area (Å²) >= 11 is 0. The van der Waals surface area contributed by atoms with Gasteiger partial charge in [-0.05, 0) is 6.42 Å². The minimum Gasteiger partial charge on any atom is -0.756 e. The molecule has 0 aromatic rings. The minimum atomic E-state index is -4.53. The van der Waals surface area contributed by atoms with Gasteiger partial charge in [0, 0.05) is 6.42 Å². The molecule has 0 rings (SSSR count). The Bertz CT molecular complexity index is 556. The highest BCUT2D eigenvalue weighted by Gasteiger charge is 2.19. The summed E-state index contributed by atoms with van der Waals surface area (Å²) < 4.78 is 26.9. The van der Waals surface area contributed by atoms with Crippen molar-refractivity contribution in [3.8, 4) is 0 Å². The fraction of sp³-hybridized carbons (Fsp3) is 0.960. The zero-order valence-electron chi connectivity index (χ0n) is 22.7. The van der Waals surface area contributed by atoms with E-state index in [1.807, 2.05) is 21.1 Å². The van der Waals surface area contributed by atoms with Crippen LogP contribution in [0.2, 0.25) is 0 Å². The van der Waals surface area contributed by atoms with Crippen LogP contribution in [0.3, 0.4) is 0 Å². The first kappa shape index (κ1) is 34.5. The number of ether oxygens (including phenoxy) is 1. The molecule has 1 N–H and O–H groups in total. The van der Waals surface area contributed by atoms with Crippen LogP contribution in [-0.2, 0) is 28.0 Å². The molecule has 0 saturated carbocycles. The molecule has 0 bridgehead atoms. The van der Waals surface area contributed by atoms with Gasteiger partial charge in [0.2, 0.25) is 0 Å². The molecular weight excluding hydrogens is 473 g/mol. The van der Waals surface area contributed by atoms with E-state index >= 15 is 0 Å². The molecule has 0 aromatic heterocycles. The van der Waals surface area contributed by atoms with E-state index in [-0.39, 0.29) is 19.6 Å². The molecular formula is C25H52NO8P. The molecule has 0 fully saturated rings. The number of phosphoric ester groups is 1. The number of phosphoric acid groups is 1. The maximum atomic E-state index is 11.9. The number of likely N-dealkylation sites (N-methyl/N-ethyl adjacent to an activating group) is 1. The molecule has 0 spiro atoms. The lowest BCUT2D eigenvalue weighted by molar-refractivity contribution is -0.870. The van der Waals surface area contributed by atoms with Crippen molar-refractivity contribution in [2.45, 2.75) is 109 Å². The van der Waals surface area contributed by atoms with Gasteiger partial charge in [0.15, 0.2) is 6.10 Å². The SMILES string of the molecule is CCCCCCCCCCCCCCCCC(=O)OCC(COP(=O)([O-])OCC[N+](C)(C)C)OO. The third-order valence-electron chi connectivity index (χ3n) is 5.74. The molecule has 0 aliphatic carbocycles. The Morgan fingerprint density at radius 2 is 1.31 bits per heavy atom. The highest BCUT2D eigenvalue weighted by atomic mass is 31.2. The highest BCUT2D eigenvalue weighted by molar-refractivity contribution is 7.45. The smallest absolute Gasteiger partial charge is 0.305 e. The van der Waals surface area contributed by atoms with E-state index in [2.05, 4.69) is 11.8 Å². The van der Waals surface area contributed by atoms with Gasteiger partial charge in [0.05, 0.1) is 27.7 Å². The van der Waals surface area contributed by atoms with Crippen LogP contribution in [0.4, 0.5) is 0 Å². The van der Waals surface area contributed by atoms with Crippen LogP contribution >= 0.6 is 7.82 Å². The van der Waals surface area contributed by atoms with Crippen LogP contribution in [0.25, 0.3) is 0 Å². The Morgan fingerprint density at radius 1 is 0.829 bits per heavy atom. The number of unbranched alkanes of at least 4 members (excludes halogenated alkanes) is 13. The Kier molecular flexibility index (Phi) is 21.2. The fourth-order valence-corrected chi connectivity index (χ4v) is 4.20. The second-order valence-corrected chi connectivity index (χ2v) is 11.8. The van der Waals surface area contributed by atoms with Crippen LogP contribution < -0.4 is 4.89 Å². The van der Waals surface area contributed by atoms with E-state index in [0.717, 1.165) is 19.3 Å². The van der Waals surface area contributed by atoms with Crippen LogP contribution in [0.1, 0.15) is 103 Å². The number of rotatable bonds is 25. The van der Waals surface area contributed by atoms with Crippen molar-refractivity contribution in [1.29, 1.82) is 0 Å². The van der Waals surface area contributed by atoms with Gasteiger partial charge >= 0.3 is 5.97 Å². The number of hydrogen-bond acceptors (Lipinski definition) is 8. The van der Waals surface area contributed by atoms with E-state index in [9.17, 15) is 14.3 Å². The Hall–Kier alpha value is -0.540. The predicted octanol–water partition coefficient (Wildman–Crippen LogP) is 5.47. The average molecular weight is 526 g/mol. The molecule has 0 heterocycles. The second kappa shape index (κ2) is 21.5. The maximum Gasteiger partial charge on any atom is 0.305 e. The van der Waals surface area contributed by atoms with Crippen molar-refractivity contribution in [2.24, 2.45) is 0 Å². The van der Waals surface area contributed by atoms with Crippen molar-refractivity contribution in [2.75, 3.05) is 47.5 Å². The van der Waals surface area contributed by atoms with Crippen molar-refractivity contribution in [3.63, 3.8) is 0 Å². The van der Waals surface area contributed by atoms with Crippen LogP contribution in [0.5, 0.6) is 0 Å². The monoisotopic (exact) mass is 525 g/mol. The third-order valence-corrected chi connectivity index (χ3v) is 6.71. The topological polar surface area (TPSA) is 114 Å². The summed E-state index contributed by atoms with van der Waals surface area (Å²) in [6.07, 6.45) is 16.6. The maximum absolute atomic E-state index is 11.9. The lowest BCUT2D eigenvalue weighted by Crippen LogP contribution is -2.37. The zero-order chi connectivity index (χ0) is 26.4. The molecule has 0 aromatic carbocycles. The standard InChI is InChI=1S/C25H52NO8P/c1-5-6-7-8-9-10-11-12-13-14-15-16-17-18-19-25(27)31-22-24(34-28)23-33-35(29,30)32-21-20-26(2,3)4/h24H,5-23H2,1-4H3,(H-,28,29,30). The number of carbonyl (C=O) groups excluding carboxylic acids is 1. The average Bonchev–Trinajstić information content (AvgIpc) is 2.78. The molecule has 0 aliphatic heterocycles. The van der Waals surface area contributed by atoms with Crippen LogP contribution in [0.15, 0.2) is 0 Å². The Balaban J connectivity index is 3.68. The number of hydrogen-bond donors (Lipinski definition) is 1. The number of quaternary nitrogens is 1. The molecule has 2 atom stereocenters. The first-order valence-corrected chi connectivity index (χ1v) is 14.9. The summed E-state index contributed by atoms with van der Waals surface area (Å²) in [7, 11) is 1.19. The van der Waals surface area contributed by atoms with Crippen molar-refractivity contribution in [3.05, 3.63) is 0 Å². The predicted molar refractivity (Wildman–Crippen MR) is 136 cm³/mol. The molecule has 0 aliphatic rings. The lowest BCUT2D eigenvalue weighted by Gasteiger charge is -2.27. The fourth-order valence-electron chi connectivity index (χ4n) is 3.47. The zero-order valence-corrected chi connectivity index (χ0v) is 23.6. The largest absolute Gasteiger partial charge is 0.756 e. The molecule has 9 nitrogen and oxygen atoms in total. The Morgan fingerprint density at radius 3 is 1.77 bits per heavy atom. The summed E-state index contributed by atoms with van der Waals surface area (Å²) in [6.45, 7) is 1.90. The summed E-state index contributed by atoms with van der Waals surface area (Å²) in [5.74, 6) is -0.407. The van der Waals surface area contributed by atoms with Gasteiger partial charge in [0.25, 0.3) is 7.82 Å². The van der Waals surface area contributed by atoms with Gasteiger partial charge in [0.1, 0.15) is 19.8 Å². The molecule has 10 heteroatoms. The van der Waals surface area contributed by atoms with Crippen LogP contribution in [-0.4, -0.2) is 69.3 Å². The van der Waals surface area contributed by atoms with E-state index in [4.69, 9.17) is 19.0 Å². The summed E-state index contributed by atoms with van der Waals surface area (Å²) in [4.78, 5) is 27.8. The number of esters is 1. The quantitative estimate of drug-likeness (QED) is 0.0417. The molecule has 0 amide bonds. The van der Waals surface area contributed by atoms with E-state index in [1.165, 1.54) is 70.6 Å². The normalized spacial score (nSPS) is 14.6. The summed E-state index contributed by atoms with van der Waals surface area (Å²) in [5, 5.41) is 8.92. The second-order valence-electron chi connectivity index (χ2n) is 10.3. The summed E-state index contributed by atoms with van der Waals surface area (Å²) in [6, 6.07) is 0. The van der Waals surface area contributed by atoms with Crippen molar-refractivity contribution < 1.29 is 42.7 Å². The molecule has 210 valence electrons. The van der Waals surface area contributed by atoms with E-state index in [0.29, 0.717) is 11.0 Å². The van der Waals surface area contributed by atoms with Gasteiger partial charge in [-0.3, -0.25) is 14.6 Å². The minimum absolute atomic E-state index is 0.0247. The number of carbonyl (C=O) groups is 1. The molecule has 0 radical (unpaired) electrons. The summed E-state index contributed by atoms with van der Waals surface area (Å²) in [5.41, 5.74) is 0. The van der Waals surface area contributed by atoms with Gasteiger partial charge in [-0.25, -0.2) is 4.89 Å². The first-order valence-electron chi connectivity index (χ1n) is 13.5. The van der Waals surface area contributed by atoms with Crippen molar-refractivity contribution in [1.82, 2.24) is 0 Å². The van der Waals surface area contributed by atoms with Crippen molar-refractivity contribution >= 4 is 13.8 Å².